The summed E-state index contributed by atoms with van der Waals surface area (Å²) in [6.07, 6.45) is 2.14. The first-order valence-corrected chi connectivity index (χ1v) is 7.25. The molecule has 2 N–H and O–H groups in total. The molecule has 2 heterocycles. The minimum Gasteiger partial charge on any atom is -0.481 e. The number of nitrogens with zero attached hydrogens (tertiary/aromatic N) is 3. The number of carboxylic acids is 1. The fraction of sp³-hybridized carbons (Fsp3) is 0.467. The smallest absolute Gasteiger partial charge is 0.303 e. The third-order valence-corrected chi connectivity index (χ3v) is 3.35. The molecule has 0 fully saturated rings. The Labute approximate surface area is 128 Å². The number of aromatic nitrogens is 3. The number of carboxylic acid groups (broad SMARTS) is 1. The highest BCUT2D eigenvalue weighted by molar-refractivity contribution is 5.98. The first kappa shape index (κ1) is 15.9. The van der Waals surface area contributed by atoms with Crippen molar-refractivity contribution in [1.29, 1.82) is 0 Å². The van der Waals surface area contributed by atoms with Crippen LogP contribution in [0.5, 0.6) is 0 Å². The van der Waals surface area contributed by atoms with E-state index in [2.05, 4.69) is 15.4 Å². The topological polar surface area (TPSA) is 97.1 Å². The van der Waals surface area contributed by atoms with Crippen LogP contribution in [0, 0.1) is 6.92 Å². The van der Waals surface area contributed by atoms with Gasteiger partial charge in [0.25, 0.3) is 5.91 Å². The van der Waals surface area contributed by atoms with Crippen LogP contribution in [0.1, 0.15) is 48.8 Å². The molecule has 0 aromatic carbocycles. The van der Waals surface area contributed by atoms with Crippen molar-refractivity contribution in [1.82, 2.24) is 20.1 Å². The maximum absolute atomic E-state index is 12.2. The van der Waals surface area contributed by atoms with Crippen LogP contribution in [0.4, 0.5) is 0 Å². The molecule has 7 nitrogen and oxygen atoms in total. The lowest BCUT2D eigenvalue weighted by atomic mass is 10.1. The van der Waals surface area contributed by atoms with E-state index in [1.807, 2.05) is 18.5 Å². The first-order chi connectivity index (χ1) is 10.4. The first-order valence-electron chi connectivity index (χ1n) is 7.25. The van der Waals surface area contributed by atoms with Crippen molar-refractivity contribution in [2.75, 3.05) is 6.54 Å². The van der Waals surface area contributed by atoms with E-state index in [0.29, 0.717) is 24.2 Å². The van der Waals surface area contributed by atoms with E-state index in [0.717, 1.165) is 11.0 Å². The Kier molecular flexibility index (Phi) is 4.75. The number of carbonyl (C=O) groups excluding carboxylic acids is 1. The number of amides is 1. The van der Waals surface area contributed by atoms with Gasteiger partial charge in [-0.1, -0.05) is 0 Å². The van der Waals surface area contributed by atoms with Crippen LogP contribution in [0.2, 0.25) is 0 Å². The SMILES string of the molecule is Cc1nc2c(cnn2C(C)C)cc1C(=O)NCCCC(=O)O. The Balaban J connectivity index is 2.16. The van der Waals surface area contributed by atoms with Crippen molar-refractivity contribution in [2.24, 2.45) is 0 Å². The van der Waals surface area contributed by atoms with Gasteiger partial charge in [-0.2, -0.15) is 5.10 Å². The molecular weight excluding hydrogens is 284 g/mol. The summed E-state index contributed by atoms with van der Waals surface area (Å²) in [4.78, 5) is 27.1. The van der Waals surface area contributed by atoms with Gasteiger partial charge in [0.1, 0.15) is 0 Å². The molecule has 2 aromatic heterocycles. The van der Waals surface area contributed by atoms with E-state index in [-0.39, 0.29) is 18.4 Å². The molecule has 2 rings (SSSR count). The van der Waals surface area contributed by atoms with Gasteiger partial charge < -0.3 is 10.4 Å². The van der Waals surface area contributed by atoms with Gasteiger partial charge in [0.2, 0.25) is 0 Å². The minimum atomic E-state index is -0.866. The summed E-state index contributed by atoms with van der Waals surface area (Å²) >= 11 is 0. The zero-order valence-corrected chi connectivity index (χ0v) is 13.0. The molecule has 0 aliphatic heterocycles. The van der Waals surface area contributed by atoms with E-state index >= 15 is 0 Å². The fourth-order valence-electron chi connectivity index (χ4n) is 2.21. The molecular formula is C15H20N4O3. The number of hydrogen-bond acceptors (Lipinski definition) is 4. The molecule has 118 valence electrons. The molecule has 0 radical (unpaired) electrons. The summed E-state index contributed by atoms with van der Waals surface area (Å²) in [6, 6.07) is 1.97. The molecule has 1 amide bonds. The second kappa shape index (κ2) is 6.55. The maximum atomic E-state index is 12.2. The van der Waals surface area contributed by atoms with Gasteiger partial charge >= 0.3 is 5.97 Å². The lowest BCUT2D eigenvalue weighted by Crippen LogP contribution is -2.26. The van der Waals surface area contributed by atoms with Crippen LogP contribution in [0.3, 0.4) is 0 Å². The number of hydrogen-bond donors (Lipinski definition) is 2. The highest BCUT2D eigenvalue weighted by Crippen LogP contribution is 2.19. The molecule has 0 aliphatic rings. The normalized spacial score (nSPS) is 11.1. The standard InChI is InChI=1S/C15H20N4O3/c1-9(2)19-14-11(8-17-19)7-12(10(3)18-14)15(22)16-6-4-5-13(20)21/h7-9H,4-6H2,1-3H3,(H,16,22)(H,20,21). The molecule has 2 aromatic rings. The van der Waals surface area contributed by atoms with E-state index < -0.39 is 5.97 Å². The average Bonchev–Trinajstić information content (AvgIpc) is 2.85. The quantitative estimate of drug-likeness (QED) is 0.795. The summed E-state index contributed by atoms with van der Waals surface area (Å²) in [6.45, 7) is 6.15. The van der Waals surface area contributed by atoms with E-state index in [1.165, 1.54) is 0 Å². The molecule has 0 unspecified atom stereocenters. The summed E-state index contributed by atoms with van der Waals surface area (Å²) < 4.78 is 1.82. The second-order valence-electron chi connectivity index (χ2n) is 5.47. The largest absolute Gasteiger partial charge is 0.481 e. The number of aliphatic carboxylic acids is 1. The predicted octanol–water partition coefficient (Wildman–Crippen LogP) is 1.92. The zero-order valence-electron chi connectivity index (χ0n) is 13.0. The van der Waals surface area contributed by atoms with Gasteiger partial charge in [-0.25, -0.2) is 9.67 Å². The third kappa shape index (κ3) is 3.41. The molecule has 0 saturated carbocycles. The van der Waals surface area contributed by atoms with Crippen LogP contribution < -0.4 is 5.32 Å². The lowest BCUT2D eigenvalue weighted by Gasteiger charge is -2.09. The molecule has 0 spiro atoms. The van der Waals surface area contributed by atoms with E-state index in [1.54, 1.807) is 19.2 Å². The van der Waals surface area contributed by atoms with Crippen LogP contribution in [-0.2, 0) is 4.79 Å². The molecule has 0 bridgehead atoms. The molecule has 7 heteroatoms. The van der Waals surface area contributed by atoms with Gasteiger partial charge in [-0.15, -0.1) is 0 Å². The Morgan fingerprint density at radius 1 is 1.41 bits per heavy atom. The van der Waals surface area contributed by atoms with Crippen LogP contribution in [0.25, 0.3) is 11.0 Å². The zero-order chi connectivity index (χ0) is 16.3. The highest BCUT2D eigenvalue weighted by atomic mass is 16.4. The van der Waals surface area contributed by atoms with Crippen molar-refractivity contribution < 1.29 is 14.7 Å². The average molecular weight is 304 g/mol. The summed E-state index contributed by atoms with van der Waals surface area (Å²) in [5.41, 5.74) is 1.88. The summed E-state index contributed by atoms with van der Waals surface area (Å²) in [7, 11) is 0. The Hall–Kier alpha value is -2.44. The van der Waals surface area contributed by atoms with Crippen molar-refractivity contribution in [3.8, 4) is 0 Å². The van der Waals surface area contributed by atoms with Crippen LogP contribution in [0.15, 0.2) is 12.3 Å². The van der Waals surface area contributed by atoms with Crippen LogP contribution >= 0.6 is 0 Å². The number of pyridine rings is 1. The highest BCUT2D eigenvalue weighted by Gasteiger charge is 2.15. The number of nitrogens with one attached hydrogen (secondary N) is 1. The number of rotatable bonds is 6. The number of fused-ring (bicyclic) bond motifs is 1. The van der Waals surface area contributed by atoms with Gasteiger partial charge in [-0.3, -0.25) is 9.59 Å². The molecule has 0 aliphatic carbocycles. The summed E-state index contributed by atoms with van der Waals surface area (Å²) in [5, 5.41) is 16.4. The molecule has 0 atom stereocenters. The van der Waals surface area contributed by atoms with Crippen molar-refractivity contribution in [3.63, 3.8) is 0 Å². The minimum absolute atomic E-state index is 0.0394. The Bertz CT molecular complexity index is 706. The monoisotopic (exact) mass is 304 g/mol. The fourth-order valence-corrected chi connectivity index (χ4v) is 2.21. The lowest BCUT2D eigenvalue weighted by molar-refractivity contribution is -0.137. The number of carbonyl (C=O) groups is 2. The molecule has 22 heavy (non-hydrogen) atoms. The third-order valence-electron chi connectivity index (χ3n) is 3.35. The van der Waals surface area contributed by atoms with E-state index in [4.69, 9.17) is 5.11 Å². The summed E-state index contributed by atoms with van der Waals surface area (Å²) in [5.74, 6) is -1.11. The van der Waals surface area contributed by atoms with Crippen molar-refractivity contribution >= 4 is 22.9 Å². The van der Waals surface area contributed by atoms with Gasteiger partial charge in [-0.05, 0) is 33.3 Å². The van der Waals surface area contributed by atoms with E-state index in [9.17, 15) is 9.59 Å². The molecule has 0 saturated heterocycles. The van der Waals surface area contributed by atoms with Gasteiger partial charge in [0, 0.05) is 24.4 Å². The second-order valence-corrected chi connectivity index (χ2v) is 5.47. The van der Waals surface area contributed by atoms with Crippen molar-refractivity contribution in [2.45, 2.75) is 39.7 Å². The predicted molar refractivity (Wildman–Crippen MR) is 81.9 cm³/mol. The van der Waals surface area contributed by atoms with Crippen LogP contribution in [-0.4, -0.2) is 38.3 Å². The van der Waals surface area contributed by atoms with Gasteiger partial charge in [0.15, 0.2) is 5.65 Å². The Morgan fingerprint density at radius 3 is 2.77 bits per heavy atom. The van der Waals surface area contributed by atoms with Gasteiger partial charge in [0.05, 0.1) is 17.5 Å². The maximum Gasteiger partial charge on any atom is 0.303 e. The Morgan fingerprint density at radius 2 is 2.14 bits per heavy atom. The van der Waals surface area contributed by atoms with Crippen molar-refractivity contribution in [3.05, 3.63) is 23.5 Å². The number of aryl methyl sites for hydroxylation is 1.